The zero-order valence-electron chi connectivity index (χ0n) is 11.2. The van der Waals surface area contributed by atoms with Crippen LogP contribution in [0.25, 0.3) is 6.08 Å². The van der Waals surface area contributed by atoms with Crippen LogP contribution in [0.3, 0.4) is 0 Å². The third-order valence-electron chi connectivity index (χ3n) is 2.05. The quantitative estimate of drug-likeness (QED) is 0.769. The molecule has 0 radical (unpaired) electrons. The van der Waals surface area contributed by atoms with Gasteiger partial charge in [0.15, 0.2) is 0 Å². The number of hydrogen-bond acceptors (Lipinski definition) is 1. The van der Waals surface area contributed by atoms with Crippen LogP contribution >= 0.6 is 0 Å². The zero-order valence-corrected chi connectivity index (χ0v) is 11.2. The molecule has 0 heterocycles. The van der Waals surface area contributed by atoms with E-state index in [1.165, 1.54) is 5.56 Å². The van der Waals surface area contributed by atoms with Gasteiger partial charge in [0.2, 0.25) is 0 Å². The van der Waals surface area contributed by atoms with E-state index in [2.05, 4.69) is 27.4 Å². The Balaban J connectivity index is 0.00000106. The van der Waals surface area contributed by atoms with Crippen LogP contribution < -0.4 is 0 Å². The molecule has 0 atom stereocenters. The van der Waals surface area contributed by atoms with Gasteiger partial charge in [-0.05, 0) is 29.5 Å². The third kappa shape index (κ3) is 5.01. The van der Waals surface area contributed by atoms with Crippen molar-refractivity contribution in [2.45, 2.75) is 41.0 Å². The van der Waals surface area contributed by atoms with E-state index in [-0.39, 0.29) is 5.41 Å². The highest BCUT2D eigenvalue weighted by Crippen LogP contribution is 2.25. The first-order valence-corrected chi connectivity index (χ1v) is 5.87. The van der Waals surface area contributed by atoms with E-state index in [4.69, 9.17) is 0 Å². The lowest BCUT2D eigenvalue weighted by molar-refractivity contribution is 0.410. The van der Waals surface area contributed by atoms with Crippen LogP contribution in [0.1, 0.15) is 45.7 Å². The fraction of sp³-hybridized carbons (Fsp3) is 0.467. The zero-order chi connectivity index (χ0) is 12.8. The minimum atomic E-state index is 0.273. The van der Waals surface area contributed by atoms with Crippen LogP contribution in [0.5, 0.6) is 5.75 Å². The maximum Gasteiger partial charge on any atom is 0.122 e. The van der Waals surface area contributed by atoms with Crippen molar-refractivity contribution in [1.29, 1.82) is 0 Å². The van der Waals surface area contributed by atoms with Gasteiger partial charge in [-0.15, -0.1) is 0 Å². The molecule has 0 bridgehead atoms. The van der Waals surface area contributed by atoms with E-state index in [0.717, 1.165) is 12.0 Å². The summed E-state index contributed by atoms with van der Waals surface area (Å²) < 4.78 is 0. The molecule has 0 saturated carbocycles. The van der Waals surface area contributed by atoms with Crippen molar-refractivity contribution in [2.24, 2.45) is 5.41 Å². The molecule has 1 rings (SSSR count). The Morgan fingerprint density at radius 2 is 1.81 bits per heavy atom. The summed E-state index contributed by atoms with van der Waals surface area (Å²) in [6.07, 6.45) is 2.69. The molecule has 90 valence electrons. The van der Waals surface area contributed by atoms with Gasteiger partial charge in [-0.2, -0.15) is 0 Å². The monoisotopic (exact) mass is 220 g/mol. The van der Waals surface area contributed by atoms with Crippen molar-refractivity contribution in [3.05, 3.63) is 35.9 Å². The molecule has 0 aromatic heterocycles. The number of rotatable bonds is 2. The van der Waals surface area contributed by atoms with E-state index in [1.807, 2.05) is 26.0 Å². The first kappa shape index (κ1) is 14.8. The minimum absolute atomic E-state index is 0.273. The van der Waals surface area contributed by atoms with Crippen molar-refractivity contribution >= 4 is 6.08 Å². The first-order chi connectivity index (χ1) is 7.42. The Labute approximate surface area is 99.8 Å². The smallest absolute Gasteiger partial charge is 0.122 e. The van der Waals surface area contributed by atoms with E-state index >= 15 is 0 Å². The average molecular weight is 220 g/mol. The Kier molecular flexibility index (Phi) is 5.87. The summed E-state index contributed by atoms with van der Waals surface area (Å²) in [4.78, 5) is 0. The Morgan fingerprint density at radius 3 is 2.25 bits per heavy atom. The van der Waals surface area contributed by atoms with Gasteiger partial charge in [-0.25, -0.2) is 0 Å². The Bertz CT molecular complexity index is 332. The summed E-state index contributed by atoms with van der Waals surface area (Å²) in [5.74, 6) is 0.303. The van der Waals surface area contributed by atoms with Crippen molar-refractivity contribution in [3.8, 4) is 5.75 Å². The van der Waals surface area contributed by atoms with Crippen LogP contribution in [-0.4, -0.2) is 5.11 Å². The molecule has 0 unspecified atom stereocenters. The molecule has 1 N–H and O–H groups in total. The van der Waals surface area contributed by atoms with Gasteiger partial charge >= 0.3 is 0 Å². The second-order valence-electron chi connectivity index (χ2n) is 4.83. The average Bonchev–Trinajstić information content (AvgIpc) is 2.22. The van der Waals surface area contributed by atoms with Crippen molar-refractivity contribution < 1.29 is 5.11 Å². The maximum absolute atomic E-state index is 9.46. The van der Waals surface area contributed by atoms with Gasteiger partial charge in [0.25, 0.3) is 0 Å². The van der Waals surface area contributed by atoms with Gasteiger partial charge in [-0.1, -0.05) is 53.3 Å². The van der Waals surface area contributed by atoms with E-state index in [1.54, 1.807) is 12.1 Å². The molecular formula is C15H24O. The van der Waals surface area contributed by atoms with Crippen LogP contribution in [0.4, 0.5) is 0 Å². The van der Waals surface area contributed by atoms with Crippen molar-refractivity contribution in [3.63, 3.8) is 0 Å². The van der Waals surface area contributed by atoms with Gasteiger partial charge in [0.1, 0.15) is 5.75 Å². The highest BCUT2D eigenvalue weighted by molar-refractivity contribution is 5.56. The molecule has 0 saturated heterocycles. The summed E-state index contributed by atoms with van der Waals surface area (Å²) >= 11 is 0. The number of phenols is 1. The SMILES string of the molecule is C=Cc1cc(CC(C)(C)C)ccc1O.CC. The van der Waals surface area contributed by atoms with Crippen molar-refractivity contribution in [1.82, 2.24) is 0 Å². The molecule has 0 spiro atoms. The van der Waals surface area contributed by atoms with Gasteiger partial charge in [0, 0.05) is 5.56 Å². The van der Waals surface area contributed by atoms with Crippen molar-refractivity contribution in [2.75, 3.05) is 0 Å². The summed E-state index contributed by atoms with van der Waals surface area (Å²) in [5.41, 5.74) is 2.33. The predicted molar refractivity (Wildman–Crippen MR) is 72.7 cm³/mol. The fourth-order valence-electron chi connectivity index (χ4n) is 1.49. The minimum Gasteiger partial charge on any atom is -0.507 e. The van der Waals surface area contributed by atoms with Gasteiger partial charge < -0.3 is 5.11 Å². The van der Waals surface area contributed by atoms with Crippen LogP contribution in [0, 0.1) is 5.41 Å². The second kappa shape index (κ2) is 6.37. The molecular weight excluding hydrogens is 196 g/mol. The van der Waals surface area contributed by atoms with Crippen LogP contribution in [0.2, 0.25) is 0 Å². The lowest BCUT2D eigenvalue weighted by Crippen LogP contribution is -2.09. The molecule has 16 heavy (non-hydrogen) atoms. The standard InChI is InChI=1S/C13H18O.C2H6/c1-5-11-8-10(6-7-12(11)14)9-13(2,3)4;1-2/h5-8,14H,1,9H2,2-4H3;1-2H3. The molecule has 0 amide bonds. The molecule has 0 aliphatic heterocycles. The fourth-order valence-corrected chi connectivity index (χ4v) is 1.49. The lowest BCUT2D eigenvalue weighted by Gasteiger charge is -2.18. The highest BCUT2D eigenvalue weighted by Gasteiger charge is 2.11. The molecule has 0 fully saturated rings. The molecule has 0 aliphatic carbocycles. The normalized spacial score (nSPS) is 10.3. The summed E-state index contributed by atoms with van der Waals surface area (Å²) in [6.45, 7) is 14.3. The van der Waals surface area contributed by atoms with E-state index in [9.17, 15) is 5.11 Å². The summed E-state index contributed by atoms with van der Waals surface area (Å²) in [7, 11) is 0. The van der Waals surface area contributed by atoms with Gasteiger partial charge in [-0.3, -0.25) is 0 Å². The number of hydrogen-bond donors (Lipinski definition) is 1. The van der Waals surface area contributed by atoms with E-state index < -0.39 is 0 Å². The predicted octanol–water partition coefficient (Wildman–Crippen LogP) is 4.65. The summed E-state index contributed by atoms with van der Waals surface area (Å²) in [5, 5.41) is 9.46. The number of phenolic OH excluding ortho intramolecular Hbond substituents is 1. The molecule has 1 aromatic rings. The third-order valence-corrected chi connectivity index (χ3v) is 2.05. The number of benzene rings is 1. The molecule has 1 heteroatoms. The molecule has 1 aromatic carbocycles. The van der Waals surface area contributed by atoms with Gasteiger partial charge in [0.05, 0.1) is 0 Å². The molecule has 0 aliphatic rings. The largest absolute Gasteiger partial charge is 0.507 e. The first-order valence-electron chi connectivity index (χ1n) is 5.87. The van der Waals surface area contributed by atoms with E-state index in [0.29, 0.717) is 5.75 Å². The molecule has 1 nitrogen and oxygen atoms in total. The second-order valence-corrected chi connectivity index (χ2v) is 4.83. The van der Waals surface area contributed by atoms with Crippen LogP contribution in [0.15, 0.2) is 24.8 Å². The maximum atomic E-state index is 9.46. The Hall–Kier alpha value is -1.24. The van der Waals surface area contributed by atoms with Crippen LogP contribution in [-0.2, 0) is 6.42 Å². The number of aromatic hydroxyl groups is 1. The Morgan fingerprint density at radius 1 is 1.25 bits per heavy atom. The lowest BCUT2D eigenvalue weighted by atomic mass is 9.87. The topological polar surface area (TPSA) is 20.2 Å². The summed E-state index contributed by atoms with van der Waals surface area (Å²) in [6, 6.07) is 5.69. The highest BCUT2D eigenvalue weighted by atomic mass is 16.3.